The smallest absolute Gasteiger partial charge is 0.261 e. The van der Waals surface area contributed by atoms with Crippen molar-refractivity contribution in [1.82, 2.24) is 9.47 Å². The minimum absolute atomic E-state index is 0.0411. The number of piperazine rings is 1. The lowest BCUT2D eigenvalue weighted by molar-refractivity contribution is 0.102. The van der Waals surface area contributed by atoms with Crippen LogP contribution < -0.4 is 15.6 Å². The van der Waals surface area contributed by atoms with Crippen LogP contribution in [0.15, 0.2) is 47.4 Å². The fraction of sp³-hybridized carbons (Fsp3) is 0.360. The predicted octanol–water partition coefficient (Wildman–Crippen LogP) is 3.79. The summed E-state index contributed by atoms with van der Waals surface area (Å²) >= 11 is 0. The van der Waals surface area contributed by atoms with Crippen molar-refractivity contribution in [2.24, 2.45) is 0 Å². The molecule has 3 aromatic rings. The van der Waals surface area contributed by atoms with Crippen molar-refractivity contribution >= 4 is 28.2 Å². The van der Waals surface area contributed by atoms with E-state index in [4.69, 9.17) is 0 Å². The third kappa shape index (κ3) is 3.77. The zero-order valence-corrected chi connectivity index (χ0v) is 18.4. The number of para-hydroxylation sites is 1. The van der Waals surface area contributed by atoms with Gasteiger partial charge in [0.05, 0.1) is 11.2 Å². The fourth-order valence-electron chi connectivity index (χ4n) is 4.37. The van der Waals surface area contributed by atoms with Crippen LogP contribution in [0.4, 0.5) is 15.8 Å². The highest BCUT2D eigenvalue weighted by atomic mass is 19.1. The number of pyridine rings is 1. The molecule has 1 saturated heterocycles. The number of rotatable bonds is 4. The summed E-state index contributed by atoms with van der Waals surface area (Å²) in [4.78, 5) is 30.5. The first-order valence-electron chi connectivity index (χ1n) is 11.1. The maximum Gasteiger partial charge on any atom is 0.261 e. The summed E-state index contributed by atoms with van der Waals surface area (Å²) in [5.41, 5.74) is 2.39. The van der Waals surface area contributed by atoms with E-state index in [1.54, 1.807) is 18.3 Å². The monoisotopic (exact) mass is 434 g/mol. The summed E-state index contributed by atoms with van der Waals surface area (Å²) in [7, 11) is 2.06. The molecule has 1 amide bonds. The second kappa shape index (κ2) is 8.06. The van der Waals surface area contributed by atoms with Crippen LogP contribution in [-0.2, 0) is 0 Å². The van der Waals surface area contributed by atoms with Crippen molar-refractivity contribution in [2.75, 3.05) is 43.4 Å². The molecule has 0 bridgehead atoms. The highest BCUT2D eigenvalue weighted by Gasteiger charge is 2.28. The van der Waals surface area contributed by atoms with Crippen LogP contribution in [0.5, 0.6) is 0 Å². The van der Waals surface area contributed by atoms with Crippen LogP contribution in [0.1, 0.15) is 34.8 Å². The molecule has 0 spiro atoms. The Kier molecular flexibility index (Phi) is 5.21. The van der Waals surface area contributed by atoms with Crippen molar-refractivity contribution in [3.05, 3.63) is 69.8 Å². The minimum Gasteiger partial charge on any atom is -0.367 e. The molecule has 2 heterocycles. The molecule has 1 aliphatic heterocycles. The van der Waals surface area contributed by atoms with Gasteiger partial charge in [-0.05, 0) is 50.6 Å². The number of halogens is 1. The number of aromatic nitrogens is 1. The molecular weight excluding hydrogens is 407 g/mol. The van der Waals surface area contributed by atoms with E-state index in [-0.39, 0.29) is 17.0 Å². The van der Waals surface area contributed by atoms with Gasteiger partial charge in [0.2, 0.25) is 5.43 Å². The maximum atomic E-state index is 15.2. The molecular formula is C25H27FN4O2. The van der Waals surface area contributed by atoms with E-state index < -0.39 is 17.2 Å². The zero-order chi connectivity index (χ0) is 22.4. The molecule has 2 fully saturated rings. The molecule has 166 valence electrons. The first kappa shape index (κ1) is 20.7. The lowest BCUT2D eigenvalue weighted by Crippen LogP contribution is -2.44. The SMILES string of the molecule is Cc1ccccc1NC(=O)c1cn(C2CC2)c2cc(N3CCN(C)CC3)c(F)cc2c1=O. The number of anilines is 2. The van der Waals surface area contributed by atoms with Crippen molar-refractivity contribution in [1.29, 1.82) is 0 Å². The number of fused-ring (bicyclic) bond motifs is 1. The van der Waals surface area contributed by atoms with Gasteiger partial charge in [-0.2, -0.15) is 0 Å². The summed E-state index contributed by atoms with van der Waals surface area (Å²) < 4.78 is 17.1. The molecule has 0 radical (unpaired) electrons. The highest BCUT2D eigenvalue weighted by Crippen LogP contribution is 2.38. The number of amides is 1. The third-order valence-corrected chi connectivity index (χ3v) is 6.52. The van der Waals surface area contributed by atoms with Gasteiger partial charge in [0.25, 0.3) is 5.91 Å². The maximum absolute atomic E-state index is 15.2. The number of likely N-dealkylation sites (N-methyl/N-ethyl adjacent to an activating group) is 1. The average Bonchev–Trinajstić information content (AvgIpc) is 3.61. The Morgan fingerprint density at radius 3 is 2.50 bits per heavy atom. The second-order valence-corrected chi connectivity index (χ2v) is 8.89. The molecule has 0 unspecified atom stereocenters. The van der Waals surface area contributed by atoms with Crippen molar-refractivity contribution < 1.29 is 9.18 Å². The Morgan fingerprint density at radius 1 is 1.09 bits per heavy atom. The fourth-order valence-corrected chi connectivity index (χ4v) is 4.37. The standard InChI is InChI=1S/C25H27FN4O2/c1-16-5-3-4-6-21(16)27-25(32)19-15-30(17-7-8-17)22-14-23(20(26)13-18(22)24(19)31)29-11-9-28(2)10-12-29/h3-6,13-15,17H,7-12H2,1-2H3,(H,27,32). The van der Waals surface area contributed by atoms with Gasteiger partial charge >= 0.3 is 0 Å². The summed E-state index contributed by atoms with van der Waals surface area (Å²) in [6, 6.07) is 10.8. The lowest BCUT2D eigenvalue weighted by atomic mass is 10.1. The van der Waals surface area contributed by atoms with Crippen LogP contribution >= 0.6 is 0 Å². The molecule has 1 aromatic heterocycles. The van der Waals surface area contributed by atoms with Crippen molar-refractivity contribution in [3.8, 4) is 0 Å². The molecule has 2 aromatic carbocycles. The Hall–Kier alpha value is -3.19. The number of nitrogens with one attached hydrogen (secondary N) is 1. The van der Waals surface area contributed by atoms with E-state index in [0.717, 1.165) is 44.6 Å². The van der Waals surface area contributed by atoms with E-state index in [0.29, 0.717) is 16.9 Å². The van der Waals surface area contributed by atoms with E-state index in [1.807, 2.05) is 34.6 Å². The molecule has 1 saturated carbocycles. The van der Waals surface area contributed by atoms with E-state index in [1.165, 1.54) is 6.07 Å². The molecule has 5 rings (SSSR count). The van der Waals surface area contributed by atoms with Gasteiger partial charge in [-0.25, -0.2) is 4.39 Å². The number of nitrogens with zero attached hydrogens (tertiary/aromatic N) is 3. The van der Waals surface area contributed by atoms with Gasteiger partial charge in [-0.15, -0.1) is 0 Å². The van der Waals surface area contributed by atoms with Gasteiger partial charge < -0.3 is 19.7 Å². The van der Waals surface area contributed by atoms with Gasteiger partial charge in [-0.1, -0.05) is 18.2 Å². The molecule has 1 aliphatic carbocycles. The van der Waals surface area contributed by atoms with Crippen LogP contribution in [0, 0.1) is 12.7 Å². The number of carbonyl (C=O) groups excluding carboxylic acids is 1. The number of benzene rings is 2. The Labute approximate surface area is 186 Å². The molecule has 32 heavy (non-hydrogen) atoms. The molecule has 2 aliphatic rings. The van der Waals surface area contributed by atoms with E-state index in [2.05, 4.69) is 17.3 Å². The Bertz CT molecular complexity index is 1260. The van der Waals surface area contributed by atoms with Gasteiger partial charge in [0, 0.05) is 49.5 Å². The third-order valence-electron chi connectivity index (χ3n) is 6.52. The first-order valence-corrected chi connectivity index (χ1v) is 11.1. The molecule has 7 heteroatoms. The summed E-state index contributed by atoms with van der Waals surface area (Å²) in [5.74, 6) is -0.887. The highest BCUT2D eigenvalue weighted by molar-refractivity contribution is 6.06. The molecule has 0 atom stereocenters. The lowest BCUT2D eigenvalue weighted by Gasteiger charge is -2.34. The predicted molar refractivity (Wildman–Crippen MR) is 125 cm³/mol. The van der Waals surface area contributed by atoms with Crippen molar-refractivity contribution in [2.45, 2.75) is 25.8 Å². The van der Waals surface area contributed by atoms with Crippen LogP contribution in [0.2, 0.25) is 0 Å². The molecule has 1 N–H and O–H groups in total. The first-order chi connectivity index (χ1) is 15.4. The number of aryl methyl sites for hydroxylation is 1. The number of hydrogen-bond donors (Lipinski definition) is 1. The zero-order valence-electron chi connectivity index (χ0n) is 18.4. The van der Waals surface area contributed by atoms with Gasteiger partial charge in [-0.3, -0.25) is 9.59 Å². The second-order valence-electron chi connectivity index (χ2n) is 8.89. The minimum atomic E-state index is -0.468. The van der Waals surface area contributed by atoms with Gasteiger partial charge in [0.1, 0.15) is 11.4 Å². The summed E-state index contributed by atoms with van der Waals surface area (Å²) in [6.07, 6.45) is 3.62. The topological polar surface area (TPSA) is 57.6 Å². The average molecular weight is 435 g/mol. The quantitative estimate of drug-likeness (QED) is 0.679. The van der Waals surface area contributed by atoms with Crippen LogP contribution in [0.25, 0.3) is 10.9 Å². The van der Waals surface area contributed by atoms with Crippen molar-refractivity contribution in [3.63, 3.8) is 0 Å². The summed E-state index contributed by atoms with van der Waals surface area (Å²) in [6.45, 7) is 5.11. The van der Waals surface area contributed by atoms with E-state index in [9.17, 15) is 9.59 Å². The Morgan fingerprint density at radius 2 is 1.81 bits per heavy atom. The largest absolute Gasteiger partial charge is 0.367 e. The van der Waals surface area contributed by atoms with E-state index >= 15 is 4.39 Å². The normalized spacial score (nSPS) is 17.0. The van der Waals surface area contributed by atoms with Gasteiger partial charge in [0.15, 0.2) is 0 Å². The summed E-state index contributed by atoms with van der Waals surface area (Å²) in [5, 5.41) is 3.10. The Balaban J connectivity index is 1.58. The molecule has 6 nitrogen and oxygen atoms in total. The van der Waals surface area contributed by atoms with Crippen LogP contribution in [0.3, 0.4) is 0 Å². The van der Waals surface area contributed by atoms with Crippen LogP contribution in [-0.4, -0.2) is 48.6 Å². The number of hydrogen-bond acceptors (Lipinski definition) is 4. The number of carbonyl (C=O) groups is 1.